The fourth-order valence-corrected chi connectivity index (χ4v) is 3.62. The van der Waals surface area contributed by atoms with E-state index in [4.69, 9.17) is 9.47 Å². The van der Waals surface area contributed by atoms with Crippen LogP contribution in [0.15, 0.2) is 52.4 Å². The van der Waals surface area contributed by atoms with Crippen molar-refractivity contribution >= 4 is 17.1 Å². The smallest absolute Gasteiger partial charge is 0.282 e. The second-order valence-corrected chi connectivity index (χ2v) is 7.15. The molecule has 7 nitrogen and oxygen atoms in total. The first-order valence-electron chi connectivity index (χ1n) is 9.76. The molecule has 0 aliphatic carbocycles. The first-order chi connectivity index (χ1) is 14.2. The number of methoxy groups -OCH3 is 1. The maximum atomic E-state index is 12.8. The molecule has 7 heteroatoms. The minimum absolute atomic E-state index is 0.171. The molecule has 4 rings (SSSR count). The minimum Gasteiger partial charge on any atom is -0.496 e. The highest BCUT2D eigenvalue weighted by molar-refractivity contribution is 5.81. The molecule has 1 aliphatic rings. The Balaban J connectivity index is 1.64. The fraction of sp³-hybridized carbons (Fsp3) is 0.318. The van der Waals surface area contributed by atoms with E-state index in [1.807, 2.05) is 30.3 Å². The Morgan fingerprint density at radius 1 is 1.24 bits per heavy atom. The van der Waals surface area contributed by atoms with Crippen LogP contribution in [0.1, 0.15) is 17.0 Å². The normalized spacial score (nSPS) is 15.2. The Morgan fingerprint density at radius 2 is 2.03 bits per heavy atom. The Labute approximate surface area is 169 Å². The van der Waals surface area contributed by atoms with Crippen molar-refractivity contribution in [3.05, 3.63) is 69.8 Å². The van der Waals surface area contributed by atoms with Gasteiger partial charge in [-0.25, -0.2) is 4.98 Å². The number of rotatable bonds is 5. The van der Waals surface area contributed by atoms with E-state index in [0.717, 1.165) is 49.7 Å². The molecule has 0 spiro atoms. The van der Waals surface area contributed by atoms with Crippen molar-refractivity contribution < 1.29 is 14.4 Å². The lowest BCUT2D eigenvalue weighted by atomic mass is 10.1. The number of ether oxygens (including phenoxy) is 2. The van der Waals surface area contributed by atoms with Crippen LogP contribution in [-0.4, -0.2) is 49.3 Å². The molecule has 1 aromatic heterocycles. The van der Waals surface area contributed by atoms with Crippen molar-refractivity contribution in [2.75, 3.05) is 33.4 Å². The van der Waals surface area contributed by atoms with Crippen LogP contribution in [0.4, 0.5) is 0 Å². The summed E-state index contributed by atoms with van der Waals surface area (Å²) >= 11 is 0. The molecule has 29 heavy (non-hydrogen) atoms. The molecule has 1 N–H and O–H groups in total. The second kappa shape index (κ2) is 8.55. The van der Waals surface area contributed by atoms with Gasteiger partial charge in [0, 0.05) is 5.56 Å². The molecule has 1 fully saturated rings. The lowest BCUT2D eigenvalue weighted by molar-refractivity contribution is -0.921. The Hall–Kier alpha value is -3.03. The zero-order valence-corrected chi connectivity index (χ0v) is 16.7. The van der Waals surface area contributed by atoms with Gasteiger partial charge in [-0.05, 0) is 42.8 Å². The van der Waals surface area contributed by atoms with E-state index in [1.54, 1.807) is 26.3 Å². The molecule has 1 aliphatic heterocycles. The van der Waals surface area contributed by atoms with Crippen molar-refractivity contribution in [2.45, 2.75) is 13.5 Å². The third-order valence-electron chi connectivity index (χ3n) is 5.18. The van der Waals surface area contributed by atoms with Gasteiger partial charge >= 0.3 is 0 Å². The van der Waals surface area contributed by atoms with Crippen LogP contribution in [0.25, 0.3) is 10.9 Å². The summed E-state index contributed by atoms with van der Waals surface area (Å²) < 4.78 is 12.3. The predicted molar refractivity (Wildman–Crippen MR) is 112 cm³/mol. The van der Waals surface area contributed by atoms with Gasteiger partial charge in [0.25, 0.3) is 5.56 Å². The maximum Gasteiger partial charge on any atom is 0.282 e. The summed E-state index contributed by atoms with van der Waals surface area (Å²) in [6.45, 7) is 6.20. The topological polar surface area (TPSA) is 70.1 Å². The van der Waals surface area contributed by atoms with E-state index < -0.39 is 0 Å². The van der Waals surface area contributed by atoms with Crippen molar-refractivity contribution in [2.24, 2.45) is 5.10 Å². The first-order valence-corrected chi connectivity index (χ1v) is 9.76. The number of fused-ring (bicyclic) bond motifs is 1. The molecule has 0 saturated carbocycles. The minimum atomic E-state index is -0.171. The maximum absolute atomic E-state index is 12.8. The zero-order chi connectivity index (χ0) is 20.2. The molecule has 0 unspecified atom stereocenters. The Bertz CT molecular complexity index is 1100. The summed E-state index contributed by atoms with van der Waals surface area (Å²) in [6.07, 6.45) is 1.70. The third-order valence-corrected chi connectivity index (χ3v) is 5.18. The molecule has 2 heterocycles. The molecular formula is C22H25N4O3+. The summed E-state index contributed by atoms with van der Waals surface area (Å²) in [5, 5.41) is 4.98. The number of quaternary nitrogens is 1. The molecule has 3 aromatic rings. The van der Waals surface area contributed by atoms with Gasteiger partial charge in [-0.3, -0.25) is 4.79 Å². The zero-order valence-electron chi connectivity index (χ0n) is 16.7. The highest BCUT2D eigenvalue weighted by atomic mass is 16.5. The van der Waals surface area contributed by atoms with Gasteiger partial charge in [0.1, 0.15) is 31.2 Å². The number of aromatic nitrogens is 2. The van der Waals surface area contributed by atoms with Crippen LogP contribution < -0.4 is 15.2 Å². The second-order valence-electron chi connectivity index (χ2n) is 7.15. The van der Waals surface area contributed by atoms with Crippen LogP contribution in [-0.2, 0) is 11.3 Å². The van der Waals surface area contributed by atoms with E-state index in [9.17, 15) is 4.79 Å². The van der Waals surface area contributed by atoms with Crippen molar-refractivity contribution in [1.82, 2.24) is 9.66 Å². The quantitative estimate of drug-likeness (QED) is 0.657. The van der Waals surface area contributed by atoms with Crippen molar-refractivity contribution in [3.63, 3.8) is 0 Å². The van der Waals surface area contributed by atoms with Gasteiger partial charge in [0.15, 0.2) is 0 Å². The van der Waals surface area contributed by atoms with Gasteiger partial charge in [0.05, 0.1) is 37.4 Å². The molecule has 1 saturated heterocycles. The monoisotopic (exact) mass is 393 g/mol. The number of hydrogen-bond donors (Lipinski definition) is 1. The molecule has 0 amide bonds. The lowest BCUT2D eigenvalue weighted by Gasteiger charge is -2.24. The van der Waals surface area contributed by atoms with E-state index in [2.05, 4.69) is 16.2 Å². The number of hydrogen-bond acceptors (Lipinski definition) is 5. The van der Waals surface area contributed by atoms with Crippen LogP contribution in [0.3, 0.4) is 0 Å². The summed E-state index contributed by atoms with van der Waals surface area (Å²) in [5.41, 5.74) is 2.54. The standard InChI is InChI=1S/C22H24N4O3/c1-16-24-20-6-4-3-5-19(20)22(27)26(16)23-14-17-7-8-21(28-2)18(13-17)15-25-9-11-29-12-10-25/h3-8,13-14H,9-12,15H2,1-2H3/p+1. The molecule has 0 bridgehead atoms. The average Bonchev–Trinajstić information content (AvgIpc) is 2.74. The van der Waals surface area contributed by atoms with Gasteiger partial charge in [-0.15, -0.1) is 0 Å². The number of nitrogens with zero attached hydrogens (tertiary/aromatic N) is 3. The first kappa shape index (κ1) is 19.3. The predicted octanol–water partition coefficient (Wildman–Crippen LogP) is 1.01. The van der Waals surface area contributed by atoms with Gasteiger partial charge < -0.3 is 14.4 Å². The Morgan fingerprint density at radius 3 is 2.83 bits per heavy atom. The summed E-state index contributed by atoms with van der Waals surface area (Å²) in [7, 11) is 1.69. The number of benzene rings is 2. The van der Waals surface area contributed by atoms with Crippen molar-refractivity contribution in [1.29, 1.82) is 0 Å². The fourth-order valence-electron chi connectivity index (χ4n) is 3.62. The molecular weight excluding hydrogens is 368 g/mol. The SMILES string of the molecule is COc1ccc(C=Nn2c(C)nc3ccccc3c2=O)cc1C[NH+]1CCOCC1. The lowest BCUT2D eigenvalue weighted by Crippen LogP contribution is -3.12. The highest BCUT2D eigenvalue weighted by Gasteiger charge is 2.17. The van der Waals surface area contributed by atoms with E-state index in [-0.39, 0.29) is 5.56 Å². The van der Waals surface area contributed by atoms with E-state index >= 15 is 0 Å². The van der Waals surface area contributed by atoms with E-state index in [1.165, 1.54) is 9.58 Å². The largest absolute Gasteiger partial charge is 0.496 e. The highest BCUT2D eigenvalue weighted by Crippen LogP contribution is 2.18. The number of para-hydroxylation sites is 1. The molecule has 0 atom stereocenters. The Kier molecular flexibility index (Phi) is 5.69. The van der Waals surface area contributed by atoms with Gasteiger partial charge in [-0.2, -0.15) is 9.78 Å². The number of nitrogens with one attached hydrogen (secondary N) is 1. The van der Waals surface area contributed by atoms with Gasteiger partial charge in [0.2, 0.25) is 0 Å². The van der Waals surface area contributed by atoms with Crippen LogP contribution in [0.5, 0.6) is 5.75 Å². The van der Waals surface area contributed by atoms with Crippen LogP contribution in [0.2, 0.25) is 0 Å². The molecule has 150 valence electrons. The van der Waals surface area contributed by atoms with Crippen LogP contribution in [0, 0.1) is 6.92 Å². The third kappa shape index (κ3) is 4.21. The number of aryl methyl sites for hydroxylation is 1. The average molecular weight is 393 g/mol. The van der Waals surface area contributed by atoms with E-state index in [0.29, 0.717) is 16.7 Å². The molecule has 2 aromatic carbocycles. The summed E-state index contributed by atoms with van der Waals surface area (Å²) in [6, 6.07) is 13.3. The molecule has 0 radical (unpaired) electrons. The van der Waals surface area contributed by atoms with Crippen molar-refractivity contribution in [3.8, 4) is 5.75 Å². The van der Waals surface area contributed by atoms with Crippen LogP contribution >= 0.6 is 0 Å². The summed E-state index contributed by atoms with van der Waals surface area (Å²) in [5.74, 6) is 1.42. The van der Waals surface area contributed by atoms with Gasteiger partial charge in [-0.1, -0.05) is 12.1 Å². The number of morpholine rings is 1. The summed E-state index contributed by atoms with van der Waals surface area (Å²) in [4.78, 5) is 18.7.